The van der Waals surface area contributed by atoms with E-state index in [-0.39, 0.29) is 22.8 Å². The van der Waals surface area contributed by atoms with Crippen LogP contribution in [0.4, 0.5) is 4.39 Å². The van der Waals surface area contributed by atoms with Crippen LogP contribution in [0.2, 0.25) is 0 Å². The SMILES string of the molecule is COc1cc(-c2cc(F)cc(C(C)C)c2CC(=O)NS(=O)(=O)c2ccc3c(c2)C(C)(C)OC3=O)ccn1. The Kier molecular flexibility index (Phi) is 6.81. The summed E-state index contributed by atoms with van der Waals surface area (Å²) in [6, 6.07) is 9.89. The lowest BCUT2D eigenvalue weighted by atomic mass is 9.88. The number of nitrogens with zero attached hydrogens (tertiary/aromatic N) is 1. The minimum Gasteiger partial charge on any atom is -0.481 e. The summed E-state index contributed by atoms with van der Waals surface area (Å²) in [7, 11) is -2.81. The van der Waals surface area contributed by atoms with Crippen molar-refractivity contribution in [1.82, 2.24) is 9.71 Å². The molecule has 0 atom stereocenters. The van der Waals surface area contributed by atoms with Gasteiger partial charge in [0.05, 0.1) is 24.0 Å². The van der Waals surface area contributed by atoms with Gasteiger partial charge in [0.15, 0.2) is 0 Å². The zero-order chi connectivity index (χ0) is 27.1. The molecule has 0 fully saturated rings. The Labute approximate surface area is 214 Å². The summed E-state index contributed by atoms with van der Waals surface area (Å²) in [6.45, 7) is 7.03. The van der Waals surface area contributed by atoms with Crippen LogP contribution in [0.5, 0.6) is 5.88 Å². The highest BCUT2D eigenvalue weighted by Crippen LogP contribution is 2.37. The van der Waals surface area contributed by atoms with Gasteiger partial charge in [-0.2, -0.15) is 0 Å². The first-order valence-corrected chi connectivity index (χ1v) is 13.1. The van der Waals surface area contributed by atoms with Gasteiger partial charge in [0, 0.05) is 17.8 Å². The van der Waals surface area contributed by atoms with E-state index >= 15 is 0 Å². The van der Waals surface area contributed by atoms with Gasteiger partial charge in [0.1, 0.15) is 11.4 Å². The predicted octanol–water partition coefficient (Wildman–Crippen LogP) is 4.47. The van der Waals surface area contributed by atoms with E-state index in [1.807, 2.05) is 13.8 Å². The lowest BCUT2D eigenvalue weighted by Gasteiger charge is -2.19. The number of halogens is 1. The maximum Gasteiger partial charge on any atom is 0.339 e. The van der Waals surface area contributed by atoms with Crippen molar-refractivity contribution in [3.05, 3.63) is 76.7 Å². The molecule has 194 valence electrons. The topological polar surface area (TPSA) is 112 Å². The molecule has 1 aliphatic rings. The van der Waals surface area contributed by atoms with Crippen LogP contribution < -0.4 is 9.46 Å². The maximum atomic E-state index is 14.6. The van der Waals surface area contributed by atoms with Crippen molar-refractivity contribution < 1.29 is 31.9 Å². The zero-order valence-electron chi connectivity index (χ0n) is 21.1. The number of hydrogen-bond acceptors (Lipinski definition) is 7. The minimum absolute atomic E-state index is 0.144. The molecule has 0 saturated carbocycles. The molecule has 0 radical (unpaired) electrons. The van der Waals surface area contributed by atoms with Gasteiger partial charge in [-0.1, -0.05) is 13.8 Å². The fraction of sp³-hybridized carbons (Fsp3) is 0.296. The Hall–Kier alpha value is -3.79. The van der Waals surface area contributed by atoms with Crippen molar-refractivity contribution in [2.24, 2.45) is 0 Å². The Morgan fingerprint density at radius 1 is 1.14 bits per heavy atom. The van der Waals surface area contributed by atoms with Crippen LogP contribution in [0.1, 0.15) is 60.7 Å². The van der Waals surface area contributed by atoms with Crippen molar-refractivity contribution in [3.63, 3.8) is 0 Å². The van der Waals surface area contributed by atoms with E-state index in [9.17, 15) is 22.4 Å². The molecular formula is C27H27FN2O6S. The van der Waals surface area contributed by atoms with Gasteiger partial charge >= 0.3 is 5.97 Å². The molecule has 0 unspecified atom stereocenters. The highest BCUT2D eigenvalue weighted by Gasteiger charge is 2.38. The van der Waals surface area contributed by atoms with Gasteiger partial charge in [0.2, 0.25) is 11.8 Å². The summed E-state index contributed by atoms with van der Waals surface area (Å²) in [5.41, 5.74) is 1.78. The van der Waals surface area contributed by atoms with Crippen LogP contribution in [-0.2, 0) is 31.6 Å². The number of methoxy groups -OCH3 is 1. The van der Waals surface area contributed by atoms with E-state index in [1.165, 1.54) is 43.6 Å². The molecular weight excluding hydrogens is 499 g/mol. The van der Waals surface area contributed by atoms with E-state index in [4.69, 9.17) is 9.47 Å². The molecule has 1 amide bonds. The molecule has 3 aromatic rings. The summed E-state index contributed by atoms with van der Waals surface area (Å²) in [5.74, 6) is -1.64. The van der Waals surface area contributed by atoms with Crippen molar-refractivity contribution in [2.75, 3.05) is 7.11 Å². The minimum atomic E-state index is -4.27. The van der Waals surface area contributed by atoms with E-state index in [0.29, 0.717) is 33.7 Å². The smallest absolute Gasteiger partial charge is 0.339 e. The second-order valence-corrected chi connectivity index (χ2v) is 11.3. The van der Waals surface area contributed by atoms with Gasteiger partial charge < -0.3 is 9.47 Å². The largest absolute Gasteiger partial charge is 0.481 e. The lowest BCUT2D eigenvalue weighted by molar-refractivity contribution is -0.118. The quantitative estimate of drug-likeness (QED) is 0.452. The van der Waals surface area contributed by atoms with Gasteiger partial charge in [-0.25, -0.2) is 27.3 Å². The first kappa shape index (κ1) is 26.3. The number of benzene rings is 2. The third kappa shape index (κ3) is 5.20. The number of nitrogens with one attached hydrogen (secondary N) is 1. The molecule has 2 heterocycles. The Bertz CT molecular complexity index is 1520. The van der Waals surface area contributed by atoms with Crippen LogP contribution in [0.3, 0.4) is 0 Å². The number of esters is 1. The van der Waals surface area contributed by atoms with Crippen LogP contribution in [0.15, 0.2) is 53.6 Å². The van der Waals surface area contributed by atoms with Gasteiger partial charge in [-0.15, -0.1) is 0 Å². The Morgan fingerprint density at radius 3 is 2.54 bits per heavy atom. The third-order valence-corrected chi connectivity index (χ3v) is 7.60. The number of rotatable bonds is 7. The average Bonchev–Trinajstić information content (AvgIpc) is 3.07. The summed E-state index contributed by atoms with van der Waals surface area (Å²) < 4.78 is 53.4. The fourth-order valence-corrected chi connectivity index (χ4v) is 5.44. The highest BCUT2D eigenvalue weighted by molar-refractivity contribution is 7.90. The number of amides is 1. The Balaban J connectivity index is 1.69. The molecule has 0 saturated heterocycles. The molecule has 0 bridgehead atoms. The second-order valence-electron chi connectivity index (χ2n) is 9.58. The number of carbonyl (C=O) groups excluding carboxylic acids is 2. The molecule has 1 aliphatic heterocycles. The second kappa shape index (κ2) is 9.59. The molecule has 2 aromatic carbocycles. The van der Waals surface area contributed by atoms with Crippen LogP contribution in [0.25, 0.3) is 11.1 Å². The first-order valence-electron chi connectivity index (χ1n) is 11.6. The van der Waals surface area contributed by atoms with Crippen molar-refractivity contribution >= 4 is 21.9 Å². The molecule has 0 spiro atoms. The van der Waals surface area contributed by atoms with Crippen molar-refractivity contribution in [2.45, 2.75) is 50.5 Å². The zero-order valence-corrected chi connectivity index (χ0v) is 21.9. The highest BCUT2D eigenvalue weighted by atomic mass is 32.2. The Morgan fingerprint density at radius 2 is 1.86 bits per heavy atom. The lowest BCUT2D eigenvalue weighted by Crippen LogP contribution is -2.32. The molecule has 1 aromatic heterocycles. The predicted molar refractivity (Wildman–Crippen MR) is 134 cm³/mol. The van der Waals surface area contributed by atoms with Gasteiger partial charge in [-0.05, 0) is 78.4 Å². The molecule has 37 heavy (non-hydrogen) atoms. The van der Waals surface area contributed by atoms with E-state index in [0.717, 1.165) is 0 Å². The number of cyclic esters (lactones) is 1. The number of sulfonamides is 1. The standard InChI is InChI=1S/C27H27FN2O6S/c1-15(2)20-11-17(28)12-21(16-8-9-29-25(10-16)35-5)22(20)14-24(31)30-37(33,34)18-6-7-19-23(13-18)27(3,4)36-26(19)32/h6-13,15H,14H2,1-5H3,(H,30,31). The van der Waals surface area contributed by atoms with E-state index in [2.05, 4.69) is 9.71 Å². The summed E-state index contributed by atoms with van der Waals surface area (Å²) >= 11 is 0. The normalized spacial score (nSPS) is 14.3. The molecule has 1 N–H and O–H groups in total. The average molecular weight is 527 g/mol. The van der Waals surface area contributed by atoms with Crippen molar-refractivity contribution in [1.29, 1.82) is 0 Å². The number of pyridine rings is 1. The molecule has 0 aliphatic carbocycles. The maximum absolute atomic E-state index is 14.6. The number of ether oxygens (including phenoxy) is 2. The number of carbonyl (C=O) groups is 2. The summed E-state index contributed by atoms with van der Waals surface area (Å²) in [6.07, 6.45) is 1.19. The molecule has 8 nitrogen and oxygen atoms in total. The number of fused-ring (bicyclic) bond motifs is 1. The number of hydrogen-bond donors (Lipinski definition) is 1. The van der Waals surface area contributed by atoms with Crippen molar-refractivity contribution in [3.8, 4) is 17.0 Å². The van der Waals surface area contributed by atoms with E-state index < -0.39 is 33.3 Å². The van der Waals surface area contributed by atoms with Gasteiger partial charge in [-0.3, -0.25) is 4.79 Å². The molecule has 10 heteroatoms. The summed E-state index contributed by atoms with van der Waals surface area (Å²) in [5, 5.41) is 0. The number of aromatic nitrogens is 1. The van der Waals surface area contributed by atoms with Crippen LogP contribution in [0, 0.1) is 5.82 Å². The van der Waals surface area contributed by atoms with Gasteiger partial charge in [0.25, 0.3) is 10.0 Å². The fourth-order valence-electron chi connectivity index (χ4n) is 4.43. The van der Waals surface area contributed by atoms with Crippen LogP contribution >= 0.6 is 0 Å². The third-order valence-electron chi connectivity index (χ3n) is 6.23. The monoisotopic (exact) mass is 526 g/mol. The first-order chi connectivity index (χ1) is 17.3. The van der Waals surface area contributed by atoms with E-state index in [1.54, 1.807) is 26.0 Å². The summed E-state index contributed by atoms with van der Waals surface area (Å²) in [4.78, 5) is 29.0. The van der Waals surface area contributed by atoms with Crippen LogP contribution in [-0.4, -0.2) is 32.4 Å². The molecule has 4 rings (SSSR count).